The predicted molar refractivity (Wildman–Crippen MR) is 102 cm³/mol. The molecule has 0 radical (unpaired) electrons. The number of anilines is 2. The van der Waals surface area contributed by atoms with Gasteiger partial charge >= 0.3 is 0 Å². The standard InChI is InChI=1S/C20H23N5/c1-3-16-12-22-20(23-13-16)24-14-18-10-7-11-21-19(18)25(2)15-17-8-5-4-6-9-17/h4-13H,3,14-15H2,1-2H3,(H,22,23,24). The molecule has 0 aliphatic carbocycles. The predicted octanol–water partition coefficient (Wildman–Crippen LogP) is 3.68. The summed E-state index contributed by atoms with van der Waals surface area (Å²) in [6.45, 7) is 3.54. The lowest BCUT2D eigenvalue weighted by molar-refractivity contribution is 0.880. The minimum absolute atomic E-state index is 0.633. The van der Waals surface area contributed by atoms with Crippen LogP contribution < -0.4 is 10.2 Å². The molecule has 0 atom stereocenters. The first-order valence-corrected chi connectivity index (χ1v) is 8.50. The summed E-state index contributed by atoms with van der Waals surface area (Å²) in [7, 11) is 2.06. The quantitative estimate of drug-likeness (QED) is 0.715. The maximum atomic E-state index is 4.56. The largest absolute Gasteiger partial charge is 0.355 e. The van der Waals surface area contributed by atoms with E-state index in [1.807, 2.05) is 30.7 Å². The lowest BCUT2D eigenvalue weighted by atomic mass is 10.2. The lowest BCUT2D eigenvalue weighted by Gasteiger charge is -2.21. The van der Waals surface area contributed by atoms with Crippen molar-refractivity contribution in [2.45, 2.75) is 26.4 Å². The highest BCUT2D eigenvalue weighted by atomic mass is 15.2. The van der Waals surface area contributed by atoms with E-state index in [4.69, 9.17) is 0 Å². The van der Waals surface area contributed by atoms with Gasteiger partial charge in [-0.25, -0.2) is 15.0 Å². The van der Waals surface area contributed by atoms with E-state index in [-0.39, 0.29) is 0 Å². The van der Waals surface area contributed by atoms with Gasteiger partial charge in [-0.15, -0.1) is 0 Å². The average molecular weight is 333 g/mol. The molecule has 0 bridgehead atoms. The van der Waals surface area contributed by atoms with Crippen molar-refractivity contribution in [3.63, 3.8) is 0 Å². The fourth-order valence-electron chi connectivity index (χ4n) is 2.65. The molecule has 1 N–H and O–H groups in total. The highest BCUT2D eigenvalue weighted by Crippen LogP contribution is 2.19. The molecular weight excluding hydrogens is 310 g/mol. The van der Waals surface area contributed by atoms with Gasteiger partial charge in [-0.2, -0.15) is 0 Å². The molecule has 0 saturated carbocycles. The molecule has 25 heavy (non-hydrogen) atoms. The van der Waals surface area contributed by atoms with E-state index >= 15 is 0 Å². The van der Waals surface area contributed by atoms with Gasteiger partial charge in [-0.05, 0) is 23.6 Å². The monoisotopic (exact) mass is 333 g/mol. The van der Waals surface area contributed by atoms with Crippen molar-refractivity contribution >= 4 is 11.8 Å². The number of aryl methyl sites for hydroxylation is 1. The van der Waals surface area contributed by atoms with Crippen LogP contribution in [0.25, 0.3) is 0 Å². The summed E-state index contributed by atoms with van der Waals surface area (Å²) in [5.74, 6) is 1.60. The van der Waals surface area contributed by atoms with Gasteiger partial charge in [-0.3, -0.25) is 0 Å². The van der Waals surface area contributed by atoms with Gasteiger partial charge in [0, 0.05) is 44.3 Å². The first-order chi connectivity index (χ1) is 12.3. The average Bonchev–Trinajstić information content (AvgIpc) is 2.68. The SMILES string of the molecule is CCc1cnc(NCc2cccnc2N(C)Cc2ccccc2)nc1. The molecule has 2 heterocycles. The molecule has 0 saturated heterocycles. The topological polar surface area (TPSA) is 53.9 Å². The van der Waals surface area contributed by atoms with E-state index < -0.39 is 0 Å². The van der Waals surface area contributed by atoms with Crippen LogP contribution in [0.15, 0.2) is 61.1 Å². The molecule has 0 fully saturated rings. The summed E-state index contributed by atoms with van der Waals surface area (Å²) in [6.07, 6.45) is 6.49. The second-order valence-corrected chi connectivity index (χ2v) is 5.95. The Morgan fingerprint density at radius 1 is 0.920 bits per heavy atom. The van der Waals surface area contributed by atoms with Gasteiger partial charge in [0.1, 0.15) is 5.82 Å². The van der Waals surface area contributed by atoms with E-state index in [0.29, 0.717) is 12.5 Å². The van der Waals surface area contributed by atoms with Crippen LogP contribution in [0, 0.1) is 0 Å². The smallest absolute Gasteiger partial charge is 0.222 e. The van der Waals surface area contributed by atoms with E-state index in [0.717, 1.165) is 29.9 Å². The van der Waals surface area contributed by atoms with Crippen molar-refractivity contribution in [1.82, 2.24) is 15.0 Å². The third-order valence-electron chi connectivity index (χ3n) is 4.04. The molecule has 2 aromatic heterocycles. The molecule has 1 aromatic carbocycles. The van der Waals surface area contributed by atoms with E-state index in [1.165, 1.54) is 5.56 Å². The summed E-state index contributed by atoms with van der Waals surface area (Å²) in [5, 5.41) is 3.28. The maximum Gasteiger partial charge on any atom is 0.222 e. The van der Waals surface area contributed by atoms with Gasteiger partial charge in [-0.1, -0.05) is 43.3 Å². The Morgan fingerprint density at radius 2 is 1.68 bits per heavy atom. The summed E-state index contributed by atoms with van der Waals surface area (Å²) < 4.78 is 0. The molecule has 3 aromatic rings. The van der Waals surface area contributed by atoms with E-state index in [1.54, 1.807) is 0 Å². The van der Waals surface area contributed by atoms with Crippen molar-refractivity contribution in [2.24, 2.45) is 0 Å². The second-order valence-electron chi connectivity index (χ2n) is 5.95. The summed E-state index contributed by atoms with van der Waals surface area (Å²) in [6, 6.07) is 14.4. The first kappa shape index (κ1) is 16.9. The van der Waals surface area contributed by atoms with E-state index in [2.05, 4.69) is 69.5 Å². The highest BCUT2D eigenvalue weighted by Gasteiger charge is 2.09. The van der Waals surface area contributed by atoms with Crippen LogP contribution in [0.5, 0.6) is 0 Å². The normalized spacial score (nSPS) is 10.5. The van der Waals surface area contributed by atoms with Crippen LogP contribution in [0.2, 0.25) is 0 Å². The molecule has 0 aliphatic heterocycles. The van der Waals surface area contributed by atoms with Crippen LogP contribution in [-0.4, -0.2) is 22.0 Å². The molecule has 0 unspecified atom stereocenters. The maximum absolute atomic E-state index is 4.56. The Bertz CT molecular complexity index is 787. The summed E-state index contributed by atoms with van der Waals surface area (Å²) >= 11 is 0. The lowest BCUT2D eigenvalue weighted by Crippen LogP contribution is -2.20. The van der Waals surface area contributed by atoms with Crippen LogP contribution in [-0.2, 0) is 19.5 Å². The van der Waals surface area contributed by atoms with Gasteiger partial charge < -0.3 is 10.2 Å². The number of aromatic nitrogens is 3. The summed E-state index contributed by atoms with van der Waals surface area (Å²) in [5.41, 5.74) is 3.51. The second kappa shape index (κ2) is 8.24. The van der Waals surface area contributed by atoms with Gasteiger partial charge in [0.05, 0.1) is 0 Å². The van der Waals surface area contributed by atoms with Gasteiger partial charge in [0.25, 0.3) is 0 Å². The van der Waals surface area contributed by atoms with Crippen LogP contribution in [0.3, 0.4) is 0 Å². The molecule has 3 rings (SSSR count). The van der Waals surface area contributed by atoms with Crippen LogP contribution in [0.4, 0.5) is 11.8 Å². The van der Waals surface area contributed by atoms with Crippen molar-refractivity contribution in [3.8, 4) is 0 Å². The first-order valence-electron chi connectivity index (χ1n) is 8.50. The van der Waals surface area contributed by atoms with Crippen LogP contribution in [0.1, 0.15) is 23.6 Å². The molecule has 5 nitrogen and oxygen atoms in total. The molecule has 128 valence electrons. The third kappa shape index (κ3) is 4.53. The Balaban J connectivity index is 1.69. The fraction of sp³-hybridized carbons (Fsp3) is 0.250. The van der Waals surface area contributed by atoms with Crippen molar-refractivity contribution in [2.75, 3.05) is 17.3 Å². The minimum atomic E-state index is 0.633. The molecular formula is C20H23N5. The number of hydrogen-bond acceptors (Lipinski definition) is 5. The Morgan fingerprint density at radius 3 is 2.40 bits per heavy atom. The summed E-state index contributed by atoms with van der Waals surface area (Å²) in [4.78, 5) is 15.4. The zero-order valence-electron chi connectivity index (χ0n) is 14.7. The Labute approximate surface area is 148 Å². The number of benzene rings is 1. The van der Waals surface area contributed by atoms with Gasteiger partial charge in [0.15, 0.2) is 0 Å². The third-order valence-corrected chi connectivity index (χ3v) is 4.04. The van der Waals surface area contributed by atoms with Gasteiger partial charge in [0.2, 0.25) is 5.95 Å². The van der Waals surface area contributed by atoms with Crippen molar-refractivity contribution in [1.29, 1.82) is 0 Å². The van der Waals surface area contributed by atoms with Crippen molar-refractivity contribution in [3.05, 3.63) is 77.7 Å². The zero-order chi connectivity index (χ0) is 17.5. The number of nitrogens with one attached hydrogen (secondary N) is 1. The molecule has 0 aliphatic rings. The number of rotatable bonds is 7. The number of hydrogen-bond donors (Lipinski definition) is 1. The number of pyridine rings is 1. The van der Waals surface area contributed by atoms with E-state index in [9.17, 15) is 0 Å². The minimum Gasteiger partial charge on any atom is -0.355 e. The number of nitrogens with zero attached hydrogens (tertiary/aromatic N) is 4. The molecule has 5 heteroatoms. The van der Waals surface area contributed by atoms with Crippen molar-refractivity contribution < 1.29 is 0 Å². The van der Waals surface area contributed by atoms with Crippen LogP contribution >= 0.6 is 0 Å². The highest BCUT2D eigenvalue weighted by molar-refractivity contribution is 5.48. The molecule has 0 amide bonds. The molecule has 0 spiro atoms. The zero-order valence-corrected chi connectivity index (χ0v) is 14.7. The fourth-order valence-corrected chi connectivity index (χ4v) is 2.65. The Hall–Kier alpha value is -2.95. The Kier molecular flexibility index (Phi) is 5.57.